The van der Waals surface area contributed by atoms with E-state index in [1.54, 1.807) is 20.8 Å². The summed E-state index contributed by atoms with van der Waals surface area (Å²) in [6.45, 7) is 6.19. The molecular formula is C16H23NO8. The molecule has 1 unspecified atom stereocenters. The van der Waals surface area contributed by atoms with Crippen LogP contribution in [-0.4, -0.2) is 51.5 Å². The van der Waals surface area contributed by atoms with Crippen molar-refractivity contribution >= 4 is 24.0 Å². The molecule has 0 radical (unpaired) electrons. The summed E-state index contributed by atoms with van der Waals surface area (Å²) >= 11 is 0. The van der Waals surface area contributed by atoms with E-state index in [1.807, 2.05) is 0 Å². The van der Waals surface area contributed by atoms with Gasteiger partial charge in [-0.1, -0.05) is 18.2 Å². The lowest BCUT2D eigenvalue weighted by Crippen LogP contribution is -2.35. The standard InChI is InChI=1S/C9H10O4.C7H13NO4/c1-9(8(12)13)4-2-3-6(5-9)7(10)11;1-7(2,3)12-6(11)8-4-5(9)10/h2-4H,5H2,1H3,(H,10,11)(H,12,13);4H2,1-3H3,(H,8,11)(H,9,10). The van der Waals surface area contributed by atoms with Crippen LogP contribution in [0.5, 0.6) is 0 Å². The van der Waals surface area contributed by atoms with Gasteiger partial charge in [-0.2, -0.15) is 0 Å². The monoisotopic (exact) mass is 357 g/mol. The highest BCUT2D eigenvalue weighted by atomic mass is 16.6. The summed E-state index contributed by atoms with van der Waals surface area (Å²) in [6, 6.07) is 0. The number of allylic oxidation sites excluding steroid dienone is 2. The lowest BCUT2D eigenvalue weighted by molar-refractivity contribution is -0.145. The van der Waals surface area contributed by atoms with Gasteiger partial charge in [0.05, 0.1) is 5.41 Å². The Morgan fingerprint density at radius 3 is 2.16 bits per heavy atom. The van der Waals surface area contributed by atoms with Gasteiger partial charge in [-0.15, -0.1) is 0 Å². The second-order valence-corrected chi connectivity index (χ2v) is 6.50. The van der Waals surface area contributed by atoms with Crippen LogP contribution in [0.3, 0.4) is 0 Å². The van der Waals surface area contributed by atoms with Crippen molar-refractivity contribution in [2.45, 2.75) is 39.7 Å². The van der Waals surface area contributed by atoms with Gasteiger partial charge in [0.2, 0.25) is 0 Å². The number of nitrogens with one attached hydrogen (secondary N) is 1. The van der Waals surface area contributed by atoms with Gasteiger partial charge in [0.1, 0.15) is 12.1 Å². The van der Waals surface area contributed by atoms with E-state index in [2.05, 4.69) is 5.32 Å². The molecule has 0 aromatic carbocycles. The number of carboxylic acids is 3. The molecule has 9 nitrogen and oxygen atoms in total. The molecule has 0 bridgehead atoms. The number of aliphatic carboxylic acids is 3. The number of carbonyl (C=O) groups is 4. The van der Waals surface area contributed by atoms with E-state index < -0.39 is 41.6 Å². The zero-order chi connectivity index (χ0) is 19.8. The maximum Gasteiger partial charge on any atom is 0.408 e. The molecule has 0 aromatic rings. The van der Waals surface area contributed by atoms with E-state index >= 15 is 0 Å². The first kappa shape index (κ1) is 22.2. The first-order valence-corrected chi connectivity index (χ1v) is 7.30. The summed E-state index contributed by atoms with van der Waals surface area (Å²) < 4.78 is 4.77. The van der Waals surface area contributed by atoms with Gasteiger partial charge in [0.15, 0.2) is 0 Å². The number of rotatable bonds is 4. The highest BCUT2D eigenvalue weighted by Crippen LogP contribution is 2.31. The van der Waals surface area contributed by atoms with Crippen LogP contribution in [-0.2, 0) is 19.1 Å². The topological polar surface area (TPSA) is 150 Å². The quantitative estimate of drug-likeness (QED) is 0.593. The van der Waals surface area contributed by atoms with Crippen LogP contribution in [0.2, 0.25) is 0 Å². The van der Waals surface area contributed by atoms with Crippen molar-refractivity contribution in [3.63, 3.8) is 0 Å². The van der Waals surface area contributed by atoms with Gasteiger partial charge >= 0.3 is 24.0 Å². The SMILES string of the molecule is CC(C)(C)OC(=O)NCC(=O)O.CC1(C(=O)O)C=CC=C(C(=O)O)C1. The van der Waals surface area contributed by atoms with Crippen molar-refractivity contribution in [1.82, 2.24) is 5.32 Å². The molecule has 0 aliphatic heterocycles. The van der Waals surface area contributed by atoms with Gasteiger partial charge in [0.25, 0.3) is 0 Å². The Bertz CT molecular complexity index is 600. The van der Waals surface area contributed by atoms with Gasteiger partial charge in [0, 0.05) is 5.57 Å². The molecule has 25 heavy (non-hydrogen) atoms. The van der Waals surface area contributed by atoms with Crippen LogP contribution >= 0.6 is 0 Å². The third kappa shape index (κ3) is 9.14. The maximum atomic E-state index is 10.8. The van der Waals surface area contributed by atoms with Crippen molar-refractivity contribution < 1.29 is 39.2 Å². The Labute approximate surface area is 145 Å². The number of amides is 1. The van der Waals surface area contributed by atoms with E-state index in [4.69, 9.17) is 20.1 Å². The number of alkyl carbamates (subject to hydrolysis) is 1. The molecule has 4 N–H and O–H groups in total. The Morgan fingerprint density at radius 1 is 1.20 bits per heavy atom. The van der Waals surface area contributed by atoms with Crippen LogP contribution in [0.1, 0.15) is 34.1 Å². The molecule has 1 aliphatic carbocycles. The molecule has 0 fully saturated rings. The molecule has 9 heteroatoms. The minimum absolute atomic E-state index is 0.0359. The zero-order valence-corrected chi connectivity index (χ0v) is 14.5. The fourth-order valence-electron chi connectivity index (χ4n) is 1.65. The van der Waals surface area contributed by atoms with E-state index in [0.717, 1.165) is 0 Å². The number of ether oxygens (including phenoxy) is 1. The van der Waals surface area contributed by atoms with Gasteiger partial charge in [-0.05, 0) is 34.1 Å². The third-order valence-corrected chi connectivity index (χ3v) is 2.87. The highest BCUT2D eigenvalue weighted by molar-refractivity contribution is 5.90. The Kier molecular flexibility index (Phi) is 7.85. The number of hydrogen-bond donors (Lipinski definition) is 4. The minimum atomic E-state index is -1.10. The summed E-state index contributed by atoms with van der Waals surface area (Å²) in [6.07, 6.45) is 3.72. The summed E-state index contributed by atoms with van der Waals surface area (Å²) in [4.78, 5) is 42.1. The Morgan fingerprint density at radius 2 is 1.76 bits per heavy atom. The fraction of sp³-hybridized carbons (Fsp3) is 0.500. The molecular weight excluding hydrogens is 334 g/mol. The van der Waals surface area contributed by atoms with Crippen molar-refractivity contribution in [3.8, 4) is 0 Å². The van der Waals surface area contributed by atoms with E-state index in [1.165, 1.54) is 25.2 Å². The Hall–Kier alpha value is -2.84. The van der Waals surface area contributed by atoms with Gasteiger partial charge in [-0.25, -0.2) is 9.59 Å². The first-order valence-electron chi connectivity index (χ1n) is 7.30. The van der Waals surface area contributed by atoms with Crippen molar-refractivity contribution in [2.75, 3.05) is 6.54 Å². The smallest absolute Gasteiger partial charge is 0.408 e. The van der Waals surface area contributed by atoms with Crippen LogP contribution in [0.4, 0.5) is 4.79 Å². The van der Waals surface area contributed by atoms with Gasteiger partial charge in [-0.3, -0.25) is 9.59 Å². The summed E-state index contributed by atoms with van der Waals surface area (Å²) in [5.74, 6) is -3.16. The molecule has 1 atom stereocenters. The van der Waals surface area contributed by atoms with Crippen molar-refractivity contribution in [3.05, 3.63) is 23.8 Å². The summed E-state index contributed by atoms with van der Waals surface area (Å²) in [5.41, 5.74) is -1.54. The highest BCUT2D eigenvalue weighted by Gasteiger charge is 2.34. The van der Waals surface area contributed by atoms with Crippen LogP contribution in [0.25, 0.3) is 0 Å². The third-order valence-electron chi connectivity index (χ3n) is 2.87. The van der Waals surface area contributed by atoms with Crippen molar-refractivity contribution in [1.29, 1.82) is 0 Å². The lowest BCUT2D eigenvalue weighted by atomic mass is 9.80. The number of carboxylic acid groups (broad SMARTS) is 3. The molecule has 140 valence electrons. The molecule has 1 rings (SSSR count). The maximum absolute atomic E-state index is 10.8. The normalized spacial score (nSPS) is 19.0. The number of carbonyl (C=O) groups excluding carboxylic acids is 1. The molecule has 1 amide bonds. The second-order valence-electron chi connectivity index (χ2n) is 6.50. The van der Waals surface area contributed by atoms with E-state index in [-0.39, 0.29) is 12.0 Å². The van der Waals surface area contributed by atoms with Crippen LogP contribution in [0.15, 0.2) is 23.8 Å². The summed E-state index contributed by atoms with van der Waals surface area (Å²) in [7, 11) is 0. The molecule has 1 aliphatic rings. The predicted molar refractivity (Wildman–Crippen MR) is 87.1 cm³/mol. The molecule has 0 saturated carbocycles. The van der Waals surface area contributed by atoms with E-state index in [9.17, 15) is 19.2 Å². The first-order chi connectivity index (χ1) is 11.3. The van der Waals surface area contributed by atoms with E-state index in [0.29, 0.717) is 0 Å². The van der Waals surface area contributed by atoms with Crippen molar-refractivity contribution in [2.24, 2.45) is 5.41 Å². The summed E-state index contributed by atoms with van der Waals surface area (Å²) in [5, 5.41) is 27.8. The minimum Gasteiger partial charge on any atom is -0.481 e. The average Bonchev–Trinajstić information content (AvgIpc) is 2.44. The molecule has 0 aromatic heterocycles. The lowest BCUT2D eigenvalue weighted by Gasteiger charge is -2.23. The molecule has 0 heterocycles. The Balaban J connectivity index is 0.000000463. The second kappa shape index (κ2) is 8.86. The largest absolute Gasteiger partial charge is 0.481 e. The predicted octanol–water partition coefficient (Wildman–Crippen LogP) is 1.64. The van der Waals surface area contributed by atoms with Crippen LogP contribution in [0, 0.1) is 5.41 Å². The fourth-order valence-corrected chi connectivity index (χ4v) is 1.65. The number of hydrogen-bond acceptors (Lipinski definition) is 5. The molecule has 0 spiro atoms. The van der Waals surface area contributed by atoms with Gasteiger partial charge < -0.3 is 25.4 Å². The zero-order valence-electron chi connectivity index (χ0n) is 14.5. The van der Waals surface area contributed by atoms with Crippen LogP contribution < -0.4 is 5.32 Å². The average molecular weight is 357 g/mol. The molecule has 0 saturated heterocycles.